The zero-order valence-corrected chi connectivity index (χ0v) is 13.5. The molecule has 2 nitrogen and oxygen atoms in total. The monoisotopic (exact) mass is 357 g/mol. The molecule has 106 valence electrons. The molecule has 0 atom stereocenters. The van der Waals surface area contributed by atoms with E-state index in [-0.39, 0.29) is 11.7 Å². The van der Waals surface area contributed by atoms with E-state index in [1.807, 2.05) is 19.9 Å². The van der Waals surface area contributed by atoms with E-state index in [1.54, 1.807) is 18.2 Å². The zero-order valence-electron chi connectivity index (χ0n) is 11.2. The number of alkyl halides is 1. The second-order valence-electron chi connectivity index (χ2n) is 4.70. The predicted molar refractivity (Wildman–Crippen MR) is 82.1 cm³/mol. The summed E-state index contributed by atoms with van der Waals surface area (Å²) in [5.41, 5.74) is 1.77. The van der Waals surface area contributed by atoms with Crippen molar-refractivity contribution >= 4 is 27.5 Å². The minimum absolute atomic E-state index is 0.141. The van der Waals surface area contributed by atoms with Crippen LogP contribution < -0.4 is 4.74 Å². The molecule has 0 aliphatic heterocycles. The van der Waals surface area contributed by atoms with Gasteiger partial charge in [-0.15, -0.1) is 11.6 Å². The average molecular weight is 359 g/mol. The molecule has 0 amide bonds. The molecule has 0 unspecified atom stereocenters. The number of halogens is 3. The van der Waals surface area contributed by atoms with E-state index in [9.17, 15) is 4.39 Å². The Labute approximate surface area is 131 Å². The first-order valence-corrected chi connectivity index (χ1v) is 7.52. The van der Waals surface area contributed by atoms with Crippen molar-refractivity contribution < 1.29 is 9.13 Å². The van der Waals surface area contributed by atoms with Gasteiger partial charge in [0.15, 0.2) is 11.6 Å². The molecule has 0 aliphatic rings. The molecule has 1 aromatic carbocycles. The summed E-state index contributed by atoms with van der Waals surface area (Å²) in [5, 5.41) is 0. The summed E-state index contributed by atoms with van der Waals surface area (Å²) >= 11 is 9.07. The van der Waals surface area contributed by atoms with Crippen molar-refractivity contribution in [2.24, 2.45) is 0 Å². The minimum atomic E-state index is -0.441. The van der Waals surface area contributed by atoms with Crippen LogP contribution in [0.15, 0.2) is 34.8 Å². The molecule has 5 heteroatoms. The average Bonchev–Trinajstić information content (AvgIpc) is 2.41. The van der Waals surface area contributed by atoms with E-state index >= 15 is 0 Å². The summed E-state index contributed by atoms with van der Waals surface area (Å²) in [4.78, 5) is 4.38. The highest BCUT2D eigenvalue weighted by atomic mass is 79.9. The number of hydrogen-bond donors (Lipinski definition) is 0. The lowest BCUT2D eigenvalue weighted by atomic mass is 10.1. The number of benzene rings is 1. The number of ether oxygens (including phenoxy) is 1. The normalized spacial score (nSPS) is 10.9. The van der Waals surface area contributed by atoms with Crippen molar-refractivity contribution in [2.45, 2.75) is 25.6 Å². The third kappa shape index (κ3) is 3.70. The molecule has 0 fully saturated rings. The van der Waals surface area contributed by atoms with E-state index in [2.05, 4.69) is 20.9 Å². The molecule has 0 spiro atoms. The Balaban J connectivity index is 2.34. The maximum Gasteiger partial charge on any atom is 0.219 e. The highest BCUT2D eigenvalue weighted by molar-refractivity contribution is 9.10. The van der Waals surface area contributed by atoms with Crippen molar-refractivity contribution in [1.29, 1.82) is 0 Å². The Kier molecular flexibility index (Phi) is 5.00. The van der Waals surface area contributed by atoms with Crippen molar-refractivity contribution in [3.05, 3.63) is 51.9 Å². The summed E-state index contributed by atoms with van der Waals surface area (Å²) in [6.07, 6.45) is 0. The molecule has 20 heavy (non-hydrogen) atoms. The summed E-state index contributed by atoms with van der Waals surface area (Å²) in [5.74, 6) is 0.663. The van der Waals surface area contributed by atoms with Crippen molar-refractivity contribution in [3.8, 4) is 11.6 Å². The first-order chi connectivity index (χ1) is 9.49. The van der Waals surface area contributed by atoms with Crippen LogP contribution in [0.25, 0.3) is 0 Å². The Bertz CT molecular complexity index is 619. The molecule has 0 aliphatic carbocycles. The maximum absolute atomic E-state index is 13.8. The van der Waals surface area contributed by atoms with Crippen molar-refractivity contribution in [2.75, 3.05) is 0 Å². The highest BCUT2D eigenvalue weighted by Gasteiger charge is 2.10. The van der Waals surface area contributed by atoms with Gasteiger partial charge in [-0.3, -0.25) is 0 Å². The van der Waals surface area contributed by atoms with E-state index in [0.29, 0.717) is 16.2 Å². The van der Waals surface area contributed by atoms with Gasteiger partial charge in [-0.1, -0.05) is 29.8 Å². The number of rotatable bonds is 4. The van der Waals surface area contributed by atoms with Crippen LogP contribution in [0.3, 0.4) is 0 Å². The Morgan fingerprint density at radius 3 is 2.65 bits per heavy atom. The Hall–Kier alpha value is -1.13. The molecule has 2 rings (SSSR count). The highest BCUT2D eigenvalue weighted by Crippen LogP contribution is 2.28. The fraction of sp³-hybridized carbons (Fsp3) is 0.267. The number of nitrogens with zero attached hydrogens (tertiary/aromatic N) is 1. The first kappa shape index (κ1) is 15.3. The van der Waals surface area contributed by atoms with Crippen LogP contribution >= 0.6 is 27.5 Å². The molecule has 1 aromatic heterocycles. The topological polar surface area (TPSA) is 22.1 Å². The zero-order chi connectivity index (χ0) is 14.7. The molecule has 0 N–H and O–H groups in total. The maximum atomic E-state index is 13.8. The molecule has 0 saturated carbocycles. The van der Waals surface area contributed by atoms with Crippen LogP contribution in [0.4, 0.5) is 4.39 Å². The summed E-state index contributed by atoms with van der Waals surface area (Å²) in [6.45, 7) is 4.06. The van der Waals surface area contributed by atoms with Crippen molar-refractivity contribution in [1.82, 2.24) is 4.98 Å². The number of pyridine rings is 1. The fourth-order valence-corrected chi connectivity index (χ4v) is 2.17. The standard InChI is InChI=1S/C15H14BrClFNO/c1-9(2)13-5-10(8-17)6-15(19-13)20-14-4-3-11(16)7-12(14)18/h3-7,9H,8H2,1-2H3. The SMILES string of the molecule is CC(C)c1cc(CCl)cc(Oc2ccc(Br)cc2F)n1. The molecular formula is C15H14BrClFNO. The van der Waals surface area contributed by atoms with Gasteiger partial charge in [-0.05, 0) is 35.7 Å². The van der Waals surface area contributed by atoms with Gasteiger partial charge in [-0.25, -0.2) is 9.37 Å². The molecule has 0 radical (unpaired) electrons. The molecule has 0 bridgehead atoms. The van der Waals surface area contributed by atoms with Gasteiger partial charge >= 0.3 is 0 Å². The number of aromatic nitrogens is 1. The lowest BCUT2D eigenvalue weighted by molar-refractivity contribution is 0.424. The third-order valence-corrected chi connectivity index (χ3v) is 3.54. The Morgan fingerprint density at radius 2 is 2.05 bits per heavy atom. The summed E-state index contributed by atoms with van der Waals surface area (Å²) in [6, 6.07) is 8.28. The quantitative estimate of drug-likeness (QED) is 0.660. The van der Waals surface area contributed by atoms with E-state index in [1.165, 1.54) is 6.07 Å². The molecule has 2 aromatic rings. The smallest absolute Gasteiger partial charge is 0.219 e. The summed E-state index contributed by atoms with van der Waals surface area (Å²) in [7, 11) is 0. The number of hydrogen-bond acceptors (Lipinski definition) is 2. The summed E-state index contributed by atoms with van der Waals surface area (Å²) < 4.78 is 20.0. The van der Waals surface area contributed by atoms with Crippen LogP contribution in [-0.2, 0) is 5.88 Å². The van der Waals surface area contributed by atoms with E-state index in [4.69, 9.17) is 16.3 Å². The third-order valence-electron chi connectivity index (χ3n) is 2.74. The van der Waals surface area contributed by atoms with Crippen LogP contribution in [0.2, 0.25) is 0 Å². The second-order valence-corrected chi connectivity index (χ2v) is 5.89. The van der Waals surface area contributed by atoms with Crippen LogP contribution in [0, 0.1) is 5.82 Å². The van der Waals surface area contributed by atoms with Gasteiger partial charge in [0, 0.05) is 22.1 Å². The Morgan fingerprint density at radius 1 is 1.30 bits per heavy atom. The lowest BCUT2D eigenvalue weighted by Crippen LogP contribution is -1.98. The first-order valence-electron chi connectivity index (χ1n) is 6.19. The van der Waals surface area contributed by atoms with E-state index < -0.39 is 5.82 Å². The second kappa shape index (κ2) is 6.55. The van der Waals surface area contributed by atoms with Gasteiger partial charge in [-0.2, -0.15) is 0 Å². The van der Waals surface area contributed by atoms with Crippen LogP contribution in [0.1, 0.15) is 31.0 Å². The van der Waals surface area contributed by atoms with Gasteiger partial charge < -0.3 is 4.74 Å². The van der Waals surface area contributed by atoms with Crippen LogP contribution in [0.5, 0.6) is 11.6 Å². The lowest BCUT2D eigenvalue weighted by Gasteiger charge is -2.11. The van der Waals surface area contributed by atoms with Crippen LogP contribution in [-0.4, -0.2) is 4.98 Å². The van der Waals surface area contributed by atoms with Gasteiger partial charge in [0.25, 0.3) is 0 Å². The fourth-order valence-electron chi connectivity index (χ4n) is 1.68. The molecular weight excluding hydrogens is 345 g/mol. The van der Waals surface area contributed by atoms with Gasteiger partial charge in [0.2, 0.25) is 5.88 Å². The minimum Gasteiger partial charge on any atom is -0.436 e. The predicted octanol–water partition coefficient (Wildman–Crippen LogP) is 5.64. The molecule has 1 heterocycles. The van der Waals surface area contributed by atoms with E-state index in [0.717, 1.165) is 11.3 Å². The largest absolute Gasteiger partial charge is 0.436 e. The molecule has 0 saturated heterocycles. The van der Waals surface area contributed by atoms with Gasteiger partial charge in [0.05, 0.1) is 0 Å². The van der Waals surface area contributed by atoms with Gasteiger partial charge in [0.1, 0.15) is 0 Å². The van der Waals surface area contributed by atoms with Crippen molar-refractivity contribution in [3.63, 3.8) is 0 Å².